The standard InChI is InChI=1S/C15H28N2O2/c1-3-16-13-7-8-15(18-9-10-19-15)11-14(13)17(2)12-5-4-6-12/h12-14,16H,3-11H2,1-2H3. The third kappa shape index (κ3) is 2.68. The summed E-state index contributed by atoms with van der Waals surface area (Å²) in [5.74, 6) is -0.269. The average Bonchev–Trinajstić information content (AvgIpc) is 2.78. The molecule has 2 saturated carbocycles. The van der Waals surface area contributed by atoms with Crippen molar-refractivity contribution >= 4 is 0 Å². The average molecular weight is 268 g/mol. The lowest BCUT2D eigenvalue weighted by Gasteiger charge is -2.49. The molecule has 1 heterocycles. The van der Waals surface area contributed by atoms with Crippen molar-refractivity contribution in [2.45, 2.75) is 69.4 Å². The van der Waals surface area contributed by atoms with Gasteiger partial charge in [0.25, 0.3) is 0 Å². The van der Waals surface area contributed by atoms with E-state index < -0.39 is 0 Å². The first-order chi connectivity index (χ1) is 9.24. The Morgan fingerprint density at radius 3 is 2.53 bits per heavy atom. The van der Waals surface area contributed by atoms with Gasteiger partial charge in [-0.2, -0.15) is 0 Å². The van der Waals surface area contributed by atoms with Crippen LogP contribution in [-0.2, 0) is 9.47 Å². The fourth-order valence-electron chi connectivity index (χ4n) is 3.88. The lowest BCUT2D eigenvalue weighted by atomic mass is 9.81. The zero-order valence-electron chi connectivity index (χ0n) is 12.4. The van der Waals surface area contributed by atoms with Gasteiger partial charge in [0.2, 0.25) is 0 Å². The van der Waals surface area contributed by atoms with Gasteiger partial charge in [-0.15, -0.1) is 0 Å². The van der Waals surface area contributed by atoms with Crippen LogP contribution in [0, 0.1) is 0 Å². The van der Waals surface area contributed by atoms with E-state index in [4.69, 9.17) is 9.47 Å². The lowest BCUT2D eigenvalue weighted by Crippen LogP contribution is -2.59. The van der Waals surface area contributed by atoms with Crippen LogP contribution in [0.2, 0.25) is 0 Å². The van der Waals surface area contributed by atoms with Crippen LogP contribution in [0.25, 0.3) is 0 Å². The normalized spacial score (nSPS) is 34.9. The molecule has 4 heteroatoms. The monoisotopic (exact) mass is 268 g/mol. The van der Waals surface area contributed by atoms with Crippen molar-refractivity contribution in [2.75, 3.05) is 26.8 Å². The van der Waals surface area contributed by atoms with Crippen LogP contribution in [-0.4, -0.2) is 55.6 Å². The molecule has 3 rings (SSSR count). The van der Waals surface area contributed by atoms with E-state index >= 15 is 0 Å². The second-order valence-corrected chi connectivity index (χ2v) is 6.33. The molecule has 0 aromatic heterocycles. The Labute approximate surface area is 116 Å². The summed E-state index contributed by atoms with van der Waals surface area (Å²) in [6.45, 7) is 4.79. The Balaban J connectivity index is 1.69. The van der Waals surface area contributed by atoms with Crippen molar-refractivity contribution in [3.8, 4) is 0 Å². The smallest absolute Gasteiger partial charge is 0.170 e. The molecule has 3 aliphatic rings. The summed E-state index contributed by atoms with van der Waals surface area (Å²) in [5.41, 5.74) is 0. The maximum Gasteiger partial charge on any atom is 0.170 e. The van der Waals surface area contributed by atoms with E-state index in [9.17, 15) is 0 Å². The lowest BCUT2D eigenvalue weighted by molar-refractivity contribution is -0.195. The fourth-order valence-corrected chi connectivity index (χ4v) is 3.88. The number of ether oxygens (including phenoxy) is 2. The van der Waals surface area contributed by atoms with Gasteiger partial charge in [-0.1, -0.05) is 13.3 Å². The van der Waals surface area contributed by atoms with Crippen molar-refractivity contribution in [1.82, 2.24) is 10.2 Å². The molecule has 110 valence electrons. The highest BCUT2D eigenvalue weighted by Gasteiger charge is 2.47. The Hall–Kier alpha value is -0.160. The van der Waals surface area contributed by atoms with Crippen molar-refractivity contribution in [3.05, 3.63) is 0 Å². The van der Waals surface area contributed by atoms with Crippen LogP contribution in [0.5, 0.6) is 0 Å². The predicted molar refractivity (Wildman–Crippen MR) is 75.1 cm³/mol. The van der Waals surface area contributed by atoms with Gasteiger partial charge >= 0.3 is 0 Å². The molecule has 3 fully saturated rings. The van der Waals surface area contributed by atoms with E-state index in [0.717, 1.165) is 45.1 Å². The third-order valence-corrected chi connectivity index (χ3v) is 5.27. The van der Waals surface area contributed by atoms with Crippen molar-refractivity contribution in [1.29, 1.82) is 0 Å². The molecule has 1 saturated heterocycles. The van der Waals surface area contributed by atoms with Crippen LogP contribution in [0.1, 0.15) is 45.4 Å². The molecule has 2 atom stereocenters. The minimum atomic E-state index is -0.269. The van der Waals surface area contributed by atoms with E-state index in [1.165, 1.54) is 19.3 Å². The van der Waals surface area contributed by atoms with Gasteiger partial charge < -0.3 is 14.8 Å². The van der Waals surface area contributed by atoms with E-state index in [0.29, 0.717) is 12.1 Å². The van der Waals surface area contributed by atoms with Gasteiger partial charge in [0, 0.05) is 31.0 Å². The van der Waals surface area contributed by atoms with Crippen molar-refractivity contribution in [3.63, 3.8) is 0 Å². The number of rotatable bonds is 4. The summed E-state index contributed by atoms with van der Waals surface area (Å²) < 4.78 is 11.9. The molecule has 1 aliphatic heterocycles. The molecule has 2 aliphatic carbocycles. The Morgan fingerprint density at radius 2 is 1.95 bits per heavy atom. The van der Waals surface area contributed by atoms with Gasteiger partial charge in [0.15, 0.2) is 5.79 Å². The molecule has 19 heavy (non-hydrogen) atoms. The van der Waals surface area contributed by atoms with E-state index in [1.807, 2.05) is 0 Å². The maximum atomic E-state index is 5.94. The highest BCUT2D eigenvalue weighted by Crippen LogP contribution is 2.39. The van der Waals surface area contributed by atoms with Crippen LogP contribution in [0.4, 0.5) is 0 Å². The largest absolute Gasteiger partial charge is 0.347 e. The molecule has 0 aromatic carbocycles. The molecule has 0 bridgehead atoms. The number of hydrogen-bond acceptors (Lipinski definition) is 4. The molecule has 4 nitrogen and oxygen atoms in total. The van der Waals surface area contributed by atoms with Crippen LogP contribution < -0.4 is 5.32 Å². The second-order valence-electron chi connectivity index (χ2n) is 6.33. The summed E-state index contributed by atoms with van der Waals surface area (Å²) >= 11 is 0. The SMILES string of the molecule is CCNC1CCC2(CC1N(C)C1CCC1)OCCO2. The highest BCUT2D eigenvalue weighted by atomic mass is 16.7. The molecule has 0 radical (unpaired) electrons. The number of hydrogen-bond donors (Lipinski definition) is 1. The fraction of sp³-hybridized carbons (Fsp3) is 1.00. The van der Waals surface area contributed by atoms with E-state index in [1.54, 1.807) is 0 Å². The number of likely N-dealkylation sites (N-methyl/N-ethyl adjacent to an activating group) is 2. The van der Waals surface area contributed by atoms with Crippen molar-refractivity contribution in [2.24, 2.45) is 0 Å². The molecule has 1 N–H and O–H groups in total. The van der Waals surface area contributed by atoms with Crippen LogP contribution >= 0.6 is 0 Å². The van der Waals surface area contributed by atoms with Gasteiger partial charge in [0.05, 0.1) is 13.2 Å². The summed E-state index contributed by atoms with van der Waals surface area (Å²) in [4.78, 5) is 2.60. The first-order valence-corrected chi connectivity index (χ1v) is 7.97. The molecule has 1 spiro atoms. The minimum absolute atomic E-state index is 0.269. The van der Waals surface area contributed by atoms with Crippen LogP contribution in [0.3, 0.4) is 0 Å². The van der Waals surface area contributed by atoms with Gasteiger partial charge in [-0.3, -0.25) is 4.90 Å². The molecule has 2 unspecified atom stereocenters. The molecular formula is C15H28N2O2. The third-order valence-electron chi connectivity index (χ3n) is 5.27. The minimum Gasteiger partial charge on any atom is -0.347 e. The Bertz CT molecular complexity index is 299. The topological polar surface area (TPSA) is 33.7 Å². The second kappa shape index (κ2) is 5.68. The van der Waals surface area contributed by atoms with Gasteiger partial charge in [-0.25, -0.2) is 0 Å². The summed E-state index contributed by atoms with van der Waals surface area (Å²) in [6.07, 6.45) is 7.35. The summed E-state index contributed by atoms with van der Waals surface area (Å²) in [7, 11) is 2.30. The highest BCUT2D eigenvalue weighted by molar-refractivity contribution is 4.98. The maximum absolute atomic E-state index is 5.94. The molecular weight excluding hydrogens is 240 g/mol. The van der Waals surface area contributed by atoms with Gasteiger partial charge in [0.1, 0.15) is 0 Å². The number of nitrogens with zero attached hydrogens (tertiary/aromatic N) is 1. The Morgan fingerprint density at radius 1 is 1.21 bits per heavy atom. The number of nitrogens with one attached hydrogen (secondary N) is 1. The zero-order valence-corrected chi connectivity index (χ0v) is 12.4. The van der Waals surface area contributed by atoms with Crippen LogP contribution in [0.15, 0.2) is 0 Å². The zero-order chi connectivity index (χ0) is 13.3. The molecule has 0 aromatic rings. The quantitative estimate of drug-likeness (QED) is 0.842. The predicted octanol–water partition coefficient (Wildman–Crippen LogP) is 1.74. The Kier molecular flexibility index (Phi) is 4.13. The van der Waals surface area contributed by atoms with E-state index in [2.05, 4.69) is 24.2 Å². The summed E-state index contributed by atoms with van der Waals surface area (Å²) in [5, 5.41) is 3.67. The van der Waals surface area contributed by atoms with E-state index in [-0.39, 0.29) is 5.79 Å². The molecule has 0 amide bonds. The van der Waals surface area contributed by atoms with Gasteiger partial charge in [-0.05, 0) is 32.9 Å². The van der Waals surface area contributed by atoms with Crippen molar-refractivity contribution < 1.29 is 9.47 Å². The first kappa shape index (κ1) is 13.8. The first-order valence-electron chi connectivity index (χ1n) is 7.97. The summed E-state index contributed by atoms with van der Waals surface area (Å²) in [6, 6.07) is 1.92.